The Labute approximate surface area is 110 Å². The van der Waals surface area contributed by atoms with Crippen LogP contribution in [0.3, 0.4) is 0 Å². The zero-order chi connectivity index (χ0) is 12.4. The standard InChI is InChI=1S/C13H15N3OS/c1-2-18-8-12-15-13(17-16-12)10-7-14-11-6-4-3-5-9(10)11/h3-6,10,14H,2,7-8H2,1H3. The van der Waals surface area contributed by atoms with Crippen LogP contribution >= 0.6 is 11.8 Å². The van der Waals surface area contributed by atoms with Gasteiger partial charge < -0.3 is 9.84 Å². The number of thioether (sulfide) groups is 1. The van der Waals surface area contributed by atoms with Gasteiger partial charge in [0.2, 0.25) is 5.89 Å². The van der Waals surface area contributed by atoms with Crippen molar-refractivity contribution in [3.05, 3.63) is 41.5 Å². The fraction of sp³-hybridized carbons (Fsp3) is 0.385. The highest BCUT2D eigenvalue weighted by molar-refractivity contribution is 7.98. The molecule has 1 aromatic heterocycles. The summed E-state index contributed by atoms with van der Waals surface area (Å²) in [7, 11) is 0. The fourth-order valence-electron chi connectivity index (χ4n) is 2.17. The van der Waals surface area contributed by atoms with Crippen LogP contribution in [0.1, 0.15) is 30.1 Å². The highest BCUT2D eigenvalue weighted by Gasteiger charge is 2.28. The lowest BCUT2D eigenvalue weighted by atomic mass is 10.0. The predicted molar refractivity (Wildman–Crippen MR) is 72.9 cm³/mol. The first-order valence-electron chi connectivity index (χ1n) is 6.11. The van der Waals surface area contributed by atoms with Crippen molar-refractivity contribution in [1.82, 2.24) is 10.1 Å². The lowest BCUT2D eigenvalue weighted by Gasteiger charge is -2.02. The van der Waals surface area contributed by atoms with Gasteiger partial charge in [0.05, 0.1) is 11.7 Å². The van der Waals surface area contributed by atoms with E-state index in [0.29, 0.717) is 0 Å². The second-order valence-electron chi connectivity index (χ2n) is 4.21. The van der Waals surface area contributed by atoms with Crippen molar-refractivity contribution in [1.29, 1.82) is 0 Å². The molecule has 1 atom stereocenters. The molecular formula is C13H15N3OS. The van der Waals surface area contributed by atoms with E-state index in [1.807, 2.05) is 12.1 Å². The van der Waals surface area contributed by atoms with Crippen molar-refractivity contribution in [2.45, 2.75) is 18.6 Å². The molecule has 0 radical (unpaired) electrons. The molecule has 4 nitrogen and oxygen atoms in total. The number of hydrogen-bond acceptors (Lipinski definition) is 5. The summed E-state index contributed by atoms with van der Waals surface area (Å²) in [6.07, 6.45) is 0. The summed E-state index contributed by atoms with van der Waals surface area (Å²) >= 11 is 1.80. The lowest BCUT2D eigenvalue weighted by molar-refractivity contribution is 0.366. The Morgan fingerprint density at radius 2 is 2.33 bits per heavy atom. The molecule has 0 aliphatic carbocycles. The third-order valence-electron chi connectivity index (χ3n) is 3.05. The van der Waals surface area contributed by atoms with Crippen molar-refractivity contribution in [2.24, 2.45) is 0 Å². The molecule has 1 N–H and O–H groups in total. The first kappa shape index (κ1) is 11.6. The molecule has 2 aromatic rings. The monoisotopic (exact) mass is 261 g/mol. The molecule has 0 saturated heterocycles. The topological polar surface area (TPSA) is 51.0 Å². The van der Waals surface area contributed by atoms with E-state index in [9.17, 15) is 0 Å². The molecule has 1 aliphatic rings. The van der Waals surface area contributed by atoms with Crippen LogP contribution in [0, 0.1) is 0 Å². The average Bonchev–Trinajstić information content (AvgIpc) is 3.02. The summed E-state index contributed by atoms with van der Waals surface area (Å²) in [5.74, 6) is 3.59. The summed E-state index contributed by atoms with van der Waals surface area (Å²) in [6.45, 7) is 2.96. The van der Waals surface area contributed by atoms with Gasteiger partial charge in [-0.1, -0.05) is 30.3 Å². The highest BCUT2D eigenvalue weighted by atomic mass is 32.2. The summed E-state index contributed by atoms with van der Waals surface area (Å²) in [4.78, 5) is 4.49. The lowest BCUT2D eigenvalue weighted by Crippen LogP contribution is -2.04. The van der Waals surface area contributed by atoms with E-state index in [-0.39, 0.29) is 5.92 Å². The molecule has 94 valence electrons. The van der Waals surface area contributed by atoms with Gasteiger partial charge in [-0.05, 0) is 17.4 Å². The van der Waals surface area contributed by atoms with Gasteiger partial charge in [-0.25, -0.2) is 0 Å². The van der Waals surface area contributed by atoms with Gasteiger partial charge in [-0.2, -0.15) is 16.7 Å². The molecule has 1 aliphatic heterocycles. The maximum absolute atomic E-state index is 5.39. The quantitative estimate of drug-likeness (QED) is 0.917. The minimum Gasteiger partial charge on any atom is -0.384 e. The minimum absolute atomic E-state index is 0.189. The van der Waals surface area contributed by atoms with Crippen molar-refractivity contribution in [3.8, 4) is 0 Å². The van der Waals surface area contributed by atoms with Crippen molar-refractivity contribution in [3.63, 3.8) is 0 Å². The molecular weight excluding hydrogens is 246 g/mol. The largest absolute Gasteiger partial charge is 0.384 e. The normalized spacial score (nSPS) is 17.5. The summed E-state index contributed by atoms with van der Waals surface area (Å²) in [5, 5.41) is 7.40. The van der Waals surface area contributed by atoms with Crippen LogP contribution in [0.15, 0.2) is 28.8 Å². The maximum Gasteiger partial charge on any atom is 0.236 e. The van der Waals surface area contributed by atoms with Gasteiger partial charge in [0.25, 0.3) is 0 Å². The number of benzene rings is 1. The zero-order valence-corrected chi connectivity index (χ0v) is 11.0. The number of anilines is 1. The first-order valence-corrected chi connectivity index (χ1v) is 7.27. The maximum atomic E-state index is 5.39. The number of nitrogens with one attached hydrogen (secondary N) is 1. The van der Waals surface area contributed by atoms with Crippen LogP contribution in [0.4, 0.5) is 5.69 Å². The fourth-order valence-corrected chi connectivity index (χ4v) is 2.67. The number of nitrogens with zero attached hydrogens (tertiary/aromatic N) is 2. The molecule has 18 heavy (non-hydrogen) atoms. The minimum atomic E-state index is 0.189. The first-order chi connectivity index (χ1) is 8.88. The summed E-state index contributed by atoms with van der Waals surface area (Å²) < 4.78 is 5.39. The van der Waals surface area contributed by atoms with Gasteiger partial charge in [0.1, 0.15) is 0 Å². The van der Waals surface area contributed by atoms with Crippen LogP contribution in [0.25, 0.3) is 0 Å². The summed E-state index contributed by atoms with van der Waals surface area (Å²) in [6, 6.07) is 8.28. The van der Waals surface area contributed by atoms with E-state index in [0.717, 1.165) is 29.8 Å². The van der Waals surface area contributed by atoms with Gasteiger partial charge in [-0.3, -0.25) is 0 Å². The molecule has 1 unspecified atom stereocenters. The number of rotatable bonds is 4. The van der Waals surface area contributed by atoms with Crippen LogP contribution in [-0.4, -0.2) is 22.4 Å². The Hall–Kier alpha value is -1.49. The van der Waals surface area contributed by atoms with E-state index >= 15 is 0 Å². The smallest absolute Gasteiger partial charge is 0.236 e. The molecule has 2 heterocycles. The number of hydrogen-bond donors (Lipinski definition) is 1. The van der Waals surface area contributed by atoms with E-state index in [4.69, 9.17) is 4.52 Å². The highest BCUT2D eigenvalue weighted by Crippen LogP contribution is 2.35. The number of aromatic nitrogens is 2. The van der Waals surface area contributed by atoms with E-state index in [1.54, 1.807) is 11.8 Å². The third-order valence-corrected chi connectivity index (χ3v) is 3.92. The van der Waals surface area contributed by atoms with Crippen LogP contribution < -0.4 is 5.32 Å². The SMILES string of the molecule is CCSCc1noc(C2CNc3ccccc32)n1. The Bertz CT molecular complexity index is 541. The summed E-state index contributed by atoms with van der Waals surface area (Å²) in [5.41, 5.74) is 2.42. The predicted octanol–water partition coefficient (Wildman–Crippen LogP) is 2.88. The van der Waals surface area contributed by atoms with Crippen molar-refractivity contribution in [2.75, 3.05) is 17.6 Å². The molecule has 3 rings (SSSR count). The Morgan fingerprint density at radius 3 is 3.22 bits per heavy atom. The van der Waals surface area contributed by atoms with Crippen molar-refractivity contribution >= 4 is 17.4 Å². The molecule has 0 spiro atoms. The average molecular weight is 261 g/mol. The Balaban J connectivity index is 1.82. The Morgan fingerprint density at radius 1 is 1.44 bits per heavy atom. The van der Waals surface area contributed by atoms with Gasteiger partial charge in [-0.15, -0.1) is 0 Å². The molecule has 5 heteroatoms. The Kier molecular flexibility index (Phi) is 3.23. The van der Waals surface area contributed by atoms with Crippen LogP contribution in [0.5, 0.6) is 0 Å². The second kappa shape index (κ2) is 5.02. The zero-order valence-electron chi connectivity index (χ0n) is 10.2. The molecule has 0 amide bonds. The van der Waals surface area contributed by atoms with Crippen molar-refractivity contribution < 1.29 is 4.52 Å². The van der Waals surface area contributed by atoms with E-state index in [2.05, 4.69) is 34.5 Å². The van der Waals surface area contributed by atoms with Gasteiger partial charge in [0, 0.05) is 12.2 Å². The molecule has 0 bridgehead atoms. The van der Waals surface area contributed by atoms with E-state index < -0.39 is 0 Å². The second-order valence-corrected chi connectivity index (χ2v) is 5.48. The number of para-hydroxylation sites is 1. The third kappa shape index (κ3) is 2.10. The van der Waals surface area contributed by atoms with Gasteiger partial charge in [0.15, 0.2) is 5.82 Å². The van der Waals surface area contributed by atoms with E-state index in [1.165, 1.54) is 11.3 Å². The van der Waals surface area contributed by atoms with Crippen LogP contribution in [0.2, 0.25) is 0 Å². The van der Waals surface area contributed by atoms with Gasteiger partial charge >= 0.3 is 0 Å². The number of fused-ring (bicyclic) bond motifs is 1. The molecule has 0 fully saturated rings. The van der Waals surface area contributed by atoms with Crippen LogP contribution in [-0.2, 0) is 5.75 Å². The molecule has 0 saturated carbocycles. The molecule has 1 aromatic carbocycles.